The number of anilines is 1. The maximum absolute atomic E-state index is 13.3. The zero-order chi connectivity index (χ0) is 20.7. The van der Waals surface area contributed by atoms with Crippen molar-refractivity contribution in [1.82, 2.24) is 9.78 Å². The Hall–Kier alpha value is -2.57. The number of aromatic nitrogens is 2. The normalized spacial score (nSPS) is 15.1. The van der Waals surface area contributed by atoms with Crippen LogP contribution in [0.1, 0.15) is 28.8 Å². The van der Waals surface area contributed by atoms with Gasteiger partial charge in [-0.15, -0.1) is 5.10 Å². The van der Waals surface area contributed by atoms with Crippen molar-refractivity contribution >= 4 is 51.8 Å². The lowest BCUT2D eigenvalue weighted by Gasteiger charge is -2.30. The summed E-state index contributed by atoms with van der Waals surface area (Å²) in [5, 5.41) is 15.4. The van der Waals surface area contributed by atoms with Gasteiger partial charge in [0.05, 0.1) is 32.4 Å². The second-order valence-corrected chi connectivity index (χ2v) is 8.02. The molecule has 0 amide bonds. The van der Waals surface area contributed by atoms with E-state index in [1.807, 2.05) is 17.9 Å². The van der Waals surface area contributed by atoms with E-state index in [0.29, 0.717) is 58.3 Å². The van der Waals surface area contributed by atoms with Crippen molar-refractivity contribution in [2.75, 3.05) is 18.0 Å². The van der Waals surface area contributed by atoms with Crippen molar-refractivity contribution in [3.63, 3.8) is 0 Å². The Morgan fingerprint density at radius 1 is 1.07 bits per heavy atom. The van der Waals surface area contributed by atoms with Gasteiger partial charge in [-0.25, -0.2) is 0 Å². The van der Waals surface area contributed by atoms with E-state index >= 15 is 0 Å². The molecule has 1 saturated heterocycles. The molecule has 2 aromatic carbocycles. The van der Waals surface area contributed by atoms with E-state index in [1.165, 1.54) is 4.68 Å². The van der Waals surface area contributed by atoms with Gasteiger partial charge in [0.15, 0.2) is 5.82 Å². The van der Waals surface area contributed by atoms with Gasteiger partial charge in [-0.05, 0) is 43.5 Å². The number of nitrogens with zero attached hydrogens (tertiary/aromatic N) is 3. The summed E-state index contributed by atoms with van der Waals surface area (Å²) in [7, 11) is 0. The highest BCUT2D eigenvalue weighted by atomic mass is 35.5. The van der Waals surface area contributed by atoms with Crippen LogP contribution in [0.2, 0.25) is 10.0 Å². The fourth-order valence-corrected chi connectivity index (χ4v) is 4.39. The number of carboxylic acid groups (broad SMARTS) is 1. The minimum atomic E-state index is -0.776. The van der Waals surface area contributed by atoms with Crippen LogP contribution in [0.15, 0.2) is 36.4 Å². The molecule has 0 aliphatic carbocycles. The summed E-state index contributed by atoms with van der Waals surface area (Å²) < 4.78 is 1.34. The van der Waals surface area contributed by atoms with Crippen LogP contribution in [-0.4, -0.2) is 39.9 Å². The lowest BCUT2D eigenvalue weighted by atomic mass is 9.97. The number of fused-ring (bicyclic) bond motifs is 1. The first-order valence-electron chi connectivity index (χ1n) is 9.33. The fourth-order valence-electron chi connectivity index (χ4n) is 3.83. The van der Waals surface area contributed by atoms with E-state index in [4.69, 9.17) is 23.2 Å². The highest BCUT2D eigenvalue weighted by molar-refractivity contribution is 6.37. The molecule has 8 heteroatoms. The van der Waals surface area contributed by atoms with Crippen LogP contribution in [-0.2, 0) is 4.79 Å². The van der Waals surface area contributed by atoms with Gasteiger partial charge in [-0.2, -0.15) is 4.68 Å². The van der Waals surface area contributed by atoms with Crippen LogP contribution < -0.4 is 4.90 Å². The van der Waals surface area contributed by atoms with Crippen molar-refractivity contribution < 1.29 is 14.7 Å². The van der Waals surface area contributed by atoms with Crippen LogP contribution >= 0.6 is 23.2 Å². The molecule has 3 aromatic rings. The Kier molecular flexibility index (Phi) is 5.23. The molecule has 0 bridgehead atoms. The Balaban J connectivity index is 1.80. The van der Waals surface area contributed by atoms with Gasteiger partial charge in [0.2, 0.25) is 0 Å². The molecule has 2 heterocycles. The molecule has 0 unspecified atom stereocenters. The number of carbonyl (C=O) groups excluding carboxylic acids is 1. The number of hydrogen-bond donors (Lipinski definition) is 1. The SMILES string of the molecule is Cc1cccc(Cl)c1C(=O)n1nc(N2CCC(C(=O)O)CC2)c2c(Cl)cccc21. The summed E-state index contributed by atoms with van der Waals surface area (Å²) >= 11 is 12.8. The molecule has 0 atom stereocenters. The van der Waals surface area contributed by atoms with Gasteiger partial charge in [0.25, 0.3) is 5.91 Å². The van der Waals surface area contributed by atoms with E-state index in [0.717, 1.165) is 5.56 Å². The lowest BCUT2D eigenvalue weighted by molar-refractivity contribution is -0.142. The summed E-state index contributed by atoms with van der Waals surface area (Å²) in [6, 6.07) is 10.6. The van der Waals surface area contributed by atoms with Crippen LogP contribution in [0.4, 0.5) is 5.82 Å². The van der Waals surface area contributed by atoms with Crippen LogP contribution in [0.3, 0.4) is 0 Å². The van der Waals surface area contributed by atoms with Crippen molar-refractivity contribution in [3.05, 3.63) is 57.6 Å². The average Bonchev–Trinajstić information content (AvgIpc) is 3.09. The lowest BCUT2D eigenvalue weighted by Crippen LogP contribution is -2.36. The number of aliphatic carboxylic acids is 1. The van der Waals surface area contributed by atoms with Crippen LogP contribution in [0.25, 0.3) is 10.9 Å². The largest absolute Gasteiger partial charge is 0.481 e. The highest BCUT2D eigenvalue weighted by Gasteiger charge is 2.29. The molecule has 1 aliphatic heterocycles. The number of carbonyl (C=O) groups is 2. The van der Waals surface area contributed by atoms with Gasteiger partial charge in [0.1, 0.15) is 0 Å². The Morgan fingerprint density at radius 3 is 2.38 bits per heavy atom. The molecule has 4 rings (SSSR count). The van der Waals surface area contributed by atoms with E-state index in [-0.39, 0.29) is 11.8 Å². The standard InChI is InChI=1S/C21H19Cl2N3O3/c1-12-4-2-5-14(22)17(12)20(27)26-16-7-3-6-15(23)18(16)19(24-26)25-10-8-13(9-11-25)21(28)29/h2-7,13H,8-11H2,1H3,(H,28,29). The minimum absolute atomic E-state index is 0.327. The Labute approximate surface area is 177 Å². The smallest absolute Gasteiger partial charge is 0.306 e. The first-order chi connectivity index (χ1) is 13.9. The third kappa shape index (κ3) is 3.47. The number of carboxylic acids is 1. The van der Waals surface area contributed by atoms with Crippen molar-refractivity contribution in [1.29, 1.82) is 0 Å². The molecule has 0 saturated carbocycles. The number of rotatable bonds is 3. The maximum Gasteiger partial charge on any atom is 0.306 e. The number of aryl methyl sites for hydroxylation is 1. The Morgan fingerprint density at radius 2 is 1.72 bits per heavy atom. The quantitative estimate of drug-likeness (QED) is 0.653. The topological polar surface area (TPSA) is 75.4 Å². The summed E-state index contributed by atoms with van der Waals surface area (Å²) in [4.78, 5) is 26.6. The third-order valence-corrected chi connectivity index (χ3v) is 6.04. The molecular weight excluding hydrogens is 413 g/mol. The molecule has 1 N–H and O–H groups in total. The summed E-state index contributed by atoms with van der Waals surface area (Å²) in [5.41, 5.74) is 1.75. The molecular formula is C21H19Cl2N3O3. The van der Waals surface area contributed by atoms with E-state index in [1.54, 1.807) is 30.3 Å². The number of hydrogen-bond acceptors (Lipinski definition) is 4. The number of benzene rings is 2. The zero-order valence-corrected chi connectivity index (χ0v) is 17.2. The molecule has 29 heavy (non-hydrogen) atoms. The first-order valence-corrected chi connectivity index (χ1v) is 10.1. The van der Waals surface area contributed by atoms with Gasteiger partial charge in [-0.3, -0.25) is 9.59 Å². The number of piperidine rings is 1. The number of halogens is 2. The van der Waals surface area contributed by atoms with Crippen molar-refractivity contribution in [2.45, 2.75) is 19.8 Å². The van der Waals surface area contributed by atoms with Crippen molar-refractivity contribution in [3.8, 4) is 0 Å². The van der Waals surface area contributed by atoms with Crippen LogP contribution in [0, 0.1) is 12.8 Å². The second-order valence-electron chi connectivity index (χ2n) is 7.21. The highest BCUT2D eigenvalue weighted by Crippen LogP contribution is 2.35. The summed E-state index contributed by atoms with van der Waals surface area (Å²) in [6.45, 7) is 2.90. The fraction of sp³-hybridized carbons (Fsp3) is 0.286. The zero-order valence-electron chi connectivity index (χ0n) is 15.7. The van der Waals surface area contributed by atoms with Gasteiger partial charge in [-0.1, -0.05) is 41.4 Å². The summed E-state index contributed by atoms with van der Waals surface area (Å²) in [6.07, 6.45) is 1.04. The molecule has 6 nitrogen and oxygen atoms in total. The second kappa shape index (κ2) is 7.69. The average molecular weight is 432 g/mol. The van der Waals surface area contributed by atoms with Gasteiger partial charge < -0.3 is 10.0 Å². The maximum atomic E-state index is 13.3. The third-order valence-electron chi connectivity index (χ3n) is 5.41. The molecule has 1 fully saturated rings. The predicted molar refractivity (Wildman–Crippen MR) is 113 cm³/mol. The Bertz CT molecular complexity index is 1100. The first kappa shape index (κ1) is 19.7. The van der Waals surface area contributed by atoms with Gasteiger partial charge in [0, 0.05) is 13.1 Å². The minimum Gasteiger partial charge on any atom is -0.481 e. The van der Waals surface area contributed by atoms with Crippen LogP contribution in [0.5, 0.6) is 0 Å². The van der Waals surface area contributed by atoms with Crippen molar-refractivity contribution in [2.24, 2.45) is 5.92 Å². The monoisotopic (exact) mass is 431 g/mol. The van der Waals surface area contributed by atoms with E-state index in [2.05, 4.69) is 5.10 Å². The molecule has 0 spiro atoms. The molecule has 1 aliphatic rings. The molecule has 0 radical (unpaired) electrons. The predicted octanol–water partition coefficient (Wildman–Crippen LogP) is 4.64. The van der Waals surface area contributed by atoms with Gasteiger partial charge >= 0.3 is 5.97 Å². The molecule has 1 aromatic heterocycles. The van der Waals surface area contributed by atoms with E-state index < -0.39 is 5.97 Å². The molecule has 150 valence electrons. The summed E-state index contributed by atoms with van der Waals surface area (Å²) in [5.74, 6) is -0.871. The van der Waals surface area contributed by atoms with E-state index in [9.17, 15) is 14.7 Å².